The summed E-state index contributed by atoms with van der Waals surface area (Å²) >= 11 is 0. The Morgan fingerprint density at radius 2 is 1.79 bits per heavy atom. The summed E-state index contributed by atoms with van der Waals surface area (Å²) in [5.74, 6) is 0.563. The van der Waals surface area contributed by atoms with Gasteiger partial charge in [0.2, 0.25) is 5.91 Å². The summed E-state index contributed by atoms with van der Waals surface area (Å²) in [5.41, 5.74) is 2.85. The minimum atomic E-state index is -0.418. The van der Waals surface area contributed by atoms with Gasteiger partial charge in [-0.15, -0.1) is 0 Å². The van der Waals surface area contributed by atoms with Gasteiger partial charge in [0.1, 0.15) is 17.6 Å². The molecule has 6 bridgehead atoms. The van der Waals surface area contributed by atoms with Crippen LogP contribution in [0.25, 0.3) is 11.1 Å². The first-order chi connectivity index (χ1) is 18.9. The number of likely N-dealkylation sites (tertiary alicyclic amines) is 1. The molecule has 1 aromatic heterocycles. The van der Waals surface area contributed by atoms with E-state index in [2.05, 4.69) is 15.6 Å². The molecule has 2 atom stereocenters. The molecule has 2 aromatic carbocycles. The Balaban J connectivity index is 1.47. The molecule has 9 nitrogen and oxygen atoms in total. The first-order valence-corrected chi connectivity index (χ1v) is 13.2. The molecule has 1 saturated heterocycles. The third-order valence-corrected chi connectivity index (χ3v) is 6.91. The van der Waals surface area contributed by atoms with Gasteiger partial charge in [-0.2, -0.15) is 0 Å². The third-order valence-electron chi connectivity index (χ3n) is 6.91. The standard InChI is InChI=1S/C30H32N4O5/c1-19(2)30(37)34-11-10-27-26(17-34)33-29(36)23-12-22(15-31-16-23)21-4-3-5-25(13-21)38-18-28(35)32-14-20-6-8-24(39-27)9-7-20/h3-9,12-13,15-16,19,26-27H,10-11,14,17-18H2,1-2H3,(H,32,35)(H,33,36)/t26-,27+/m1/s1. The lowest BCUT2D eigenvalue weighted by atomic mass is 9.99. The number of benzene rings is 2. The van der Waals surface area contributed by atoms with Crippen molar-refractivity contribution in [2.75, 3.05) is 19.7 Å². The first kappa shape index (κ1) is 26.2. The van der Waals surface area contributed by atoms with Crippen molar-refractivity contribution < 1.29 is 23.9 Å². The summed E-state index contributed by atoms with van der Waals surface area (Å²) in [5, 5.41) is 5.98. The van der Waals surface area contributed by atoms with E-state index in [0.29, 0.717) is 43.1 Å². The molecule has 6 rings (SSSR count). The third kappa shape index (κ3) is 6.37. The highest BCUT2D eigenvalue weighted by Crippen LogP contribution is 2.25. The number of hydrogen-bond acceptors (Lipinski definition) is 6. The summed E-state index contributed by atoms with van der Waals surface area (Å²) in [6.07, 6.45) is 3.44. The average molecular weight is 529 g/mol. The number of carbonyl (C=O) groups excluding carboxylic acids is 3. The van der Waals surface area contributed by atoms with Gasteiger partial charge in [0.15, 0.2) is 6.61 Å². The SMILES string of the molecule is CC(C)C(=O)N1CC[C@@H]2Oc3ccc(cc3)CNC(=O)COc3cccc(c3)-c3cncc(c3)C(=O)N[C@@H]2C1. The Morgan fingerprint density at radius 1 is 1.00 bits per heavy atom. The Morgan fingerprint density at radius 3 is 2.59 bits per heavy atom. The van der Waals surface area contributed by atoms with Crippen molar-refractivity contribution in [2.24, 2.45) is 5.92 Å². The zero-order chi connectivity index (χ0) is 27.4. The van der Waals surface area contributed by atoms with Gasteiger partial charge < -0.3 is 25.0 Å². The van der Waals surface area contributed by atoms with E-state index in [9.17, 15) is 14.4 Å². The summed E-state index contributed by atoms with van der Waals surface area (Å²) in [6.45, 7) is 4.88. The fraction of sp³-hybridized carbons (Fsp3) is 0.333. The number of hydrogen-bond donors (Lipinski definition) is 2. The fourth-order valence-corrected chi connectivity index (χ4v) is 4.78. The zero-order valence-electron chi connectivity index (χ0n) is 22.1. The molecule has 0 radical (unpaired) electrons. The number of rotatable bonds is 1. The van der Waals surface area contributed by atoms with Gasteiger partial charge in [-0.1, -0.05) is 38.1 Å². The molecule has 0 spiro atoms. The Kier molecular flexibility index (Phi) is 7.76. The second kappa shape index (κ2) is 11.6. The van der Waals surface area contributed by atoms with Crippen LogP contribution in [-0.4, -0.2) is 59.4 Å². The number of amides is 3. The minimum absolute atomic E-state index is 0.0475. The van der Waals surface area contributed by atoms with E-state index in [4.69, 9.17) is 9.47 Å². The lowest BCUT2D eigenvalue weighted by Crippen LogP contribution is -2.58. The number of nitrogens with one attached hydrogen (secondary N) is 2. The van der Waals surface area contributed by atoms with Crippen LogP contribution in [0, 0.1) is 5.92 Å². The smallest absolute Gasteiger partial charge is 0.258 e. The maximum atomic E-state index is 13.4. The quantitative estimate of drug-likeness (QED) is 0.502. The van der Waals surface area contributed by atoms with Gasteiger partial charge in [0, 0.05) is 49.9 Å². The summed E-state index contributed by atoms with van der Waals surface area (Å²) in [6, 6.07) is 16.1. The van der Waals surface area contributed by atoms with Crippen LogP contribution < -0.4 is 20.1 Å². The molecule has 202 valence electrons. The molecule has 3 aliphatic rings. The lowest BCUT2D eigenvalue weighted by Gasteiger charge is -2.39. The summed E-state index contributed by atoms with van der Waals surface area (Å²) in [7, 11) is 0. The van der Waals surface area contributed by atoms with Crippen molar-refractivity contribution in [3.05, 3.63) is 78.1 Å². The van der Waals surface area contributed by atoms with E-state index < -0.39 is 6.04 Å². The topological polar surface area (TPSA) is 110 Å². The van der Waals surface area contributed by atoms with Crippen LogP contribution in [-0.2, 0) is 16.1 Å². The fourth-order valence-electron chi connectivity index (χ4n) is 4.78. The predicted octanol–water partition coefficient (Wildman–Crippen LogP) is 3.19. The maximum Gasteiger partial charge on any atom is 0.258 e. The van der Waals surface area contributed by atoms with Crippen LogP contribution in [0.1, 0.15) is 36.2 Å². The van der Waals surface area contributed by atoms with Crippen LogP contribution in [0.2, 0.25) is 0 Å². The number of aromatic nitrogens is 1. The van der Waals surface area contributed by atoms with Crippen molar-refractivity contribution >= 4 is 17.7 Å². The Bertz CT molecular complexity index is 1360. The van der Waals surface area contributed by atoms with E-state index in [1.807, 2.05) is 56.3 Å². The van der Waals surface area contributed by atoms with Crippen LogP contribution >= 0.6 is 0 Å². The van der Waals surface area contributed by atoms with E-state index in [0.717, 1.165) is 16.7 Å². The lowest BCUT2D eigenvalue weighted by molar-refractivity contribution is -0.137. The van der Waals surface area contributed by atoms with E-state index in [-0.39, 0.29) is 36.4 Å². The number of piperidine rings is 1. The van der Waals surface area contributed by atoms with E-state index >= 15 is 0 Å². The molecule has 0 saturated carbocycles. The van der Waals surface area contributed by atoms with Crippen LogP contribution in [0.3, 0.4) is 0 Å². The van der Waals surface area contributed by atoms with Crippen molar-refractivity contribution in [3.63, 3.8) is 0 Å². The van der Waals surface area contributed by atoms with Crippen molar-refractivity contribution in [2.45, 2.75) is 39.0 Å². The molecule has 0 aliphatic carbocycles. The number of carbonyl (C=O) groups is 3. The average Bonchev–Trinajstić information content (AvgIpc) is 2.96. The van der Waals surface area contributed by atoms with Gasteiger partial charge >= 0.3 is 0 Å². The van der Waals surface area contributed by atoms with Gasteiger partial charge in [-0.3, -0.25) is 19.4 Å². The van der Waals surface area contributed by atoms with E-state index in [1.165, 1.54) is 6.20 Å². The molecule has 1 fully saturated rings. The molecular weight excluding hydrogens is 496 g/mol. The highest BCUT2D eigenvalue weighted by Gasteiger charge is 2.35. The molecule has 3 aliphatic heterocycles. The number of ether oxygens (including phenoxy) is 2. The van der Waals surface area contributed by atoms with E-state index in [1.54, 1.807) is 23.2 Å². The summed E-state index contributed by atoms with van der Waals surface area (Å²) < 4.78 is 12.0. The number of nitrogens with zero attached hydrogens (tertiary/aromatic N) is 2. The monoisotopic (exact) mass is 528 g/mol. The van der Waals surface area contributed by atoms with Gasteiger partial charge in [-0.25, -0.2) is 0 Å². The molecule has 0 unspecified atom stereocenters. The second-order valence-electron chi connectivity index (χ2n) is 10.2. The molecular formula is C30H32N4O5. The summed E-state index contributed by atoms with van der Waals surface area (Å²) in [4.78, 5) is 44.6. The maximum absolute atomic E-state index is 13.4. The van der Waals surface area contributed by atoms with Crippen LogP contribution in [0.15, 0.2) is 67.0 Å². The van der Waals surface area contributed by atoms with Crippen molar-refractivity contribution in [1.29, 1.82) is 0 Å². The Labute approximate surface area is 227 Å². The van der Waals surface area contributed by atoms with Crippen molar-refractivity contribution in [3.8, 4) is 22.6 Å². The number of pyridine rings is 1. The van der Waals surface area contributed by atoms with Gasteiger partial charge in [0.05, 0.1) is 11.6 Å². The predicted molar refractivity (Wildman–Crippen MR) is 145 cm³/mol. The first-order valence-electron chi connectivity index (χ1n) is 13.2. The van der Waals surface area contributed by atoms with Gasteiger partial charge in [-0.05, 0) is 41.5 Å². The Hall–Kier alpha value is -4.40. The zero-order valence-corrected chi connectivity index (χ0v) is 22.1. The number of fused-ring (bicyclic) bond motifs is 7. The highest BCUT2D eigenvalue weighted by molar-refractivity contribution is 5.95. The molecule has 3 aromatic rings. The molecule has 4 heterocycles. The molecule has 3 amide bonds. The largest absolute Gasteiger partial charge is 0.488 e. The van der Waals surface area contributed by atoms with Crippen molar-refractivity contribution in [1.82, 2.24) is 20.5 Å². The highest BCUT2D eigenvalue weighted by atomic mass is 16.5. The van der Waals surface area contributed by atoms with Crippen LogP contribution in [0.5, 0.6) is 11.5 Å². The normalized spacial score (nSPS) is 19.7. The van der Waals surface area contributed by atoms with Gasteiger partial charge in [0.25, 0.3) is 11.8 Å². The van der Waals surface area contributed by atoms with Crippen LogP contribution in [0.4, 0.5) is 0 Å². The molecule has 39 heavy (non-hydrogen) atoms. The molecule has 2 N–H and O–H groups in total. The second-order valence-corrected chi connectivity index (χ2v) is 10.2. The minimum Gasteiger partial charge on any atom is -0.488 e. The molecule has 9 heteroatoms.